The fourth-order valence-corrected chi connectivity index (χ4v) is 1.92. The minimum atomic E-state index is -0.0905. The van der Waals surface area contributed by atoms with Gasteiger partial charge in [-0.2, -0.15) is 11.1 Å². The van der Waals surface area contributed by atoms with E-state index in [0.717, 1.165) is 5.56 Å². The number of halogens is 1. The van der Waals surface area contributed by atoms with Crippen molar-refractivity contribution in [2.75, 3.05) is 0 Å². The molecular formula is C8H12IN5. The number of hydrazine groups is 3. The zero-order chi connectivity index (χ0) is 9.97. The normalized spacial score (nSPS) is 19.9. The lowest BCUT2D eigenvalue weighted by Gasteiger charge is -2.18. The first-order chi connectivity index (χ1) is 6.77. The number of hydrogen-bond donors (Lipinski definition) is 5. The topological polar surface area (TPSA) is 74.1 Å². The predicted octanol–water partition coefficient (Wildman–Crippen LogP) is -0.266. The minimum absolute atomic E-state index is 0.00630. The Morgan fingerprint density at radius 2 is 2.00 bits per heavy atom. The highest BCUT2D eigenvalue weighted by Crippen LogP contribution is 2.16. The summed E-state index contributed by atoms with van der Waals surface area (Å²) in [7, 11) is 0. The zero-order valence-electron chi connectivity index (χ0n) is 7.42. The fourth-order valence-electron chi connectivity index (χ4n) is 1.35. The molecule has 0 radical (unpaired) electrons. The van der Waals surface area contributed by atoms with Crippen LogP contribution < -0.4 is 27.7 Å². The molecule has 0 spiro atoms. The van der Waals surface area contributed by atoms with Crippen LogP contribution in [0.2, 0.25) is 0 Å². The Labute approximate surface area is 95.9 Å². The van der Waals surface area contributed by atoms with Gasteiger partial charge in [-0.3, -0.25) is 0 Å². The molecule has 1 aliphatic rings. The second kappa shape index (κ2) is 4.51. The Hall–Kier alpha value is -0.250. The van der Waals surface area contributed by atoms with Gasteiger partial charge in [-0.25, -0.2) is 10.9 Å². The third-order valence-corrected chi connectivity index (χ3v) is 2.78. The Kier molecular flexibility index (Phi) is 3.31. The van der Waals surface area contributed by atoms with E-state index in [0.29, 0.717) is 0 Å². The summed E-state index contributed by atoms with van der Waals surface area (Å²) in [4.78, 5) is 0. The molecule has 1 saturated heterocycles. The molecule has 6 heteroatoms. The van der Waals surface area contributed by atoms with Gasteiger partial charge in [-0.15, -0.1) is 0 Å². The van der Waals surface area contributed by atoms with E-state index in [1.807, 2.05) is 18.2 Å². The SMILES string of the molecule is NC(c1cccc(I)c1)C1NNNN1. The van der Waals surface area contributed by atoms with Crippen LogP contribution in [0.4, 0.5) is 0 Å². The third-order valence-electron chi connectivity index (χ3n) is 2.11. The second-order valence-electron chi connectivity index (χ2n) is 3.10. The van der Waals surface area contributed by atoms with E-state index in [9.17, 15) is 0 Å². The summed E-state index contributed by atoms with van der Waals surface area (Å²) in [6, 6.07) is 8.06. The van der Waals surface area contributed by atoms with Crippen LogP contribution in [0.1, 0.15) is 11.6 Å². The molecular weight excluding hydrogens is 293 g/mol. The molecule has 1 fully saturated rings. The number of nitrogens with two attached hydrogens (primary N) is 1. The highest BCUT2D eigenvalue weighted by Gasteiger charge is 2.21. The largest absolute Gasteiger partial charge is 0.321 e. The maximum atomic E-state index is 6.06. The van der Waals surface area contributed by atoms with Crippen molar-refractivity contribution in [2.24, 2.45) is 5.73 Å². The van der Waals surface area contributed by atoms with Gasteiger partial charge in [0.15, 0.2) is 0 Å². The van der Waals surface area contributed by atoms with Gasteiger partial charge in [-0.05, 0) is 40.3 Å². The van der Waals surface area contributed by atoms with Crippen molar-refractivity contribution in [2.45, 2.75) is 12.2 Å². The van der Waals surface area contributed by atoms with E-state index in [4.69, 9.17) is 5.73 Å². The molecule has 1 aliphatic heterocycles. The number of hydrogen-bond acceptors (Lipinski definition) is 5. The van der Waals surface area contributed by atoms with Crippen LogP contribution in [-0.2, 0) is 0 Å². The van der Waals surface area contributed by atoms with Crippen LogP contribution in [0.15, 0.2) is 24.3 Å². The van der Waals surface area contributed by atoms with E-state index in [1.54, 1.807) is 0 Å². The standard InChI is InChI=1S/C8H12IN5/c9-6-3-1-2-5(4-6)7(10)8-11-13-14-12-8/h1-4,7-8,11-14H,10H2. The summed E-state index contributed by atoms with van der Waals surface area (Å²) in [5, 5.41) is 0. The average Bonchev–Trinajstić information content (AvgIpc) is 2.69. The molecule has 0 bridgehead atoms. The maximum Gasteiger partial charge on any atom is 0.105 e. The number of nitrogens with one attached hydrogen (secondary N) is 4. The summed E-state index contributed by atoms with van der Waals surface area (Å²) < 4.78 is 1.19. The second-order valence-corrected chi connectivity index (χ2v) is 4.34. The monoisotopic (exact) mass is 305 g/mol. The Bertz CT molecular complexity index is 312. The van der Waals surface area contributed by atoms with Crippen molar-refractivity contribution in [3.05, 3.63) is 33.4 Å². The molecule has 5 nitrogen and oxygen atoms in total. The van der Waals surface area contributed by atoms with Gasteiger partial charge in [-0.1, -0.05) is 12.1 Å². The lowest BCUT2D eigenvalue weighted by atomic mass is 10.1. The van der Waals surface area contributed by atoms with Crippen LogP contribution >= 0.6 is 22.6 Å². The molecule has 0 amide bonds. The first-order valence-electron chi connectivity index (χ1n) is 4.29. The summed E-state index contributed by atoms with van der Waals surface area (Å²) >= 11 is 2.27. The Morgan fingerprint density at radius 3 is 2.64 bits per heavy atom. The molecule has 0 aromatic heterocycles. The van der Waals surface area contributed by atoms with Crippen LogP contribution in [0.3, 0.4) is 0 Å². The molecule has 1 aromatic rings. The van der Waals surface area contributed by atoms with E-state index in [1.165, 1.54) is 3.57 Å². The van der Waals surface area contributed by atoms with Crippen LogP contribution in [0.5, 0.6) is 0 Å². The highest BCUT2D eigenvalue weighted by atomic mass is 127. The van der Waals surface area contributed by atoms with Crippen molar-refractivity contribution in [3.8, 4) is 0 Å². The summed E-state index contributed by atoms with van der Waals surface area (Å²) in [5.41, 5.74) is 18.6. The van der Waals surface area contributed by atoms with E-state index in [2.05, 4.69) is 50.6 Å². The van der Waals surface area contributed by atoms with Gasteiger partial charge < -0.3 is 5.73 Å². The quantitative estimate of drug-likeness (QED) is 0.487. The number of benzene rings is 1. The summed E-state index contributed by atoms with van der Waals surface area (Å²) in [5.74, 6) is 0. The lowest BCUT2D eigenvalue weighted by Crippen LogP contribution is -2.43. The first kappa shape index (κ1) is 10.3. The Morgan fingerprint density at radius 1 is 1.29 bits per heavy atom. The van der Waals surface area contributed by atoms with Gasteiger partial charge in [0.25, 0.3) is 0 Å². The van der Waals surface area contributed by atoms with Gasteiger partial charge >= 0.3 is 0 Å². The van der Waals surface area contributed by atoms with Crippen molar-refractivity contribution in [1.29, 1.82) is 0 Å². The van der Waals surface area contributed by atoms with E-state index in [-0.39, 0.29) is 12.2 Å². The average molecular weight is 305 g/mol. The molecule has 2 rings (SSSR count). The molecule has 14 heavy (non-hydrogen) atoms. The molecule has 0 saturated carbocycles. The van der Waals surface area contributed by atoms with Gasteiger partial charge in [0, 0.05) is 3.57 Å². The van der Waals surface area contributed by atoms with Crippen LogP contribution in [-0.4, -0.2) is 6.17 Å². The third kappa shape index (κ3) is 2.22. The molecule has 1 unspecified atom stereocenters. The van der Waals surface area contributed by atoms with Gasteiger partial charge in [0.1, 0.15) is 6.17 Å². The van der Waals surface area contributed by atoms with Crippen LogP contribution in [0.25, 0.3) is 0 Å². The van der Waals surface area contributed by atoms with Crippen molar-refractivity contribution in [1.82, 2.24) is 21.9 Å². The fraction of sp³-hybridized carbons (Fsp3) is 0.250. The maximum absolute atomic E-state index is 6.06. The molecule has 0 aliphatic carbocycles. The van der Waals surface area contributed by atoms with Crippen molar-refractivity contribution in [3.63, 3.8) is 0 Å². The Balaban J connectivity index is 2.13. The highest BCUT2D eigenvalue weighted by molar-refractivity contribution is 14.1. The molecule has 1 aromatic carbocycles. The van der Waals surface area contributed by atoms with E-state index >= 15 is 0 Å². The summed E-state index contributed by atoms with van der Waals surface area (Å²) in [6.07, 6.45) is -0.00630. The molecule has 6 N–H and O–H groups in total. The van der Waals surface area contributed by atoms with Gasteiger partial charge in [0.2, 0.25) is 0 Å². The molecule has 1 atom stereocenters. The summed E-state index contributed by atoms with van der Waals surface area (Å²) in [6.45, 7) is 0. The first-order valence-corrected chi connectivity index (χ1v) is 5.37. The van der Waals surface area contributed by atoms with Crippen molar-refractivity contribution >= 4 is 22.6 Å². The smallest absolute Gasteiger partial charge is 0.105 e. The molecule has 76 valence electrons. The minimum Gasteiger partial charge on any atom is -0.321 e. The number of rotatable bonds is 2. The predicted molar refractivity (Wildman–Crippen MR) is 62.4 cm³/mol. The van der Waals surface area contributed by atoms with Crippen LogP contribution in [0, 0.1) is 3.57 Å². The zero-order valence-corrected chi connectivity index (χ0v) is 9.58. The van der Waals surface area contributed by atoms with Gasteiger partial charge in [0.05, 0.1) is 6.04 Å². The lowest BCUT2D eigenvalue weighted by molar-refractivity contribution is 0.440. The van der Waals surface area contributed by atoms with Crippen molar-refractivity contribution < 1.29 is 0 Å². The van der Waals surface area contributed by atoms with E-state index < -0.39 is 0 Å². The molecule has 1 heterocycles.